The first-order valence-electron chi connectivity index (χ1n) is 4.29. The fourth-order valence-electron chi connectivity index (χ4n) is 1.28. The second kappa shape index (κ2) is 4.62. The number of rotatable bonds is 3. The molecule has 0 fully saturated rings. The number of nitrogens with zero attached hydrogens (tertiary/aromatic N) is 1. The third kappa shape index (κ3) is 2.29. The van der Waals surface area contributed by atoms with Crippen molar-refractivity contribution in [2.24, 2.45) is 10.8 Å². The van der Waals surface area contributed by atoms with Gasteiger partial charge in [-0.3, -0.25) is 0 Å². The van der Waals surface area contributed by atoms with Crippen molar-refractivity contribution in [3.05, 3.63) is 35.4 Å². The molecule has 1 rings (SSSR count). The number of benzene rings is 1. The van der Waals surface area contributed by atoms with Crippen LogP contribution in [-0.4, -0.2) is 12.8 Å². The van der Waals surface area contributed by atoms with Crippen LogP contribution in [-0.2, 0) is 6.54 Å². The minimum atomic E-state index is 0.548. The van der Waals surface area contributed by atoms with Gasteiger partial charge in [-0.2, -0.15) is 5.10 Å². The topological polar surface area (TPSA) is 50.4 Å². The zero-order chi connectivity index (χ0) is 9.68. The van der Waals surface area contributed by atoms with Crippen molar-refractivity contribution in [2.45, 2.75) is 13.5 Å². The fraction of sp³-hybridized carbons (Fsp3) is 0.300. The lowest BCUT2D eigenvalue weighted by Crippen LogP contribution is -2.08. The first-order valence-corrected chi connectivity index (χ1v) is 4.29. The zero-order valence-electron chi connectivity index (χ0n) is 8.04. The average Bonchev–Trinajstić information content (AvgIpc) is 2.18. The zero-order valence-corrected chi connectivity index (χ0v) is 8.04. The third-order valence-corrected chi connectivity index (χ3v) is 1.91. The Labute approximate surface area is 78.6 Å². The summed E-state index contributed by atoms with van der Waals surface area (Å²) in [5, 5.41) is 4.11. The lowest BCUT2D eigenvalue weighted by molar-refractivity contribution is 0.898. The fourth-order valence-corrected chi connectivity index (χ4v) is 1.28. The molecule has 1 aromatic carbocycles. The standard InChI is InChI=1S/C10H15N3/c1-8(13-12-2)10-6-4-3-5-9(10)7-11/h3-6,12H,7,11H2,1-2H3/b13-8+. The van der Waals surface area contributed by atoms with Gasteiger partial charge in [-0.25, -0.2) is 0 Å². The highest BCUT2D eigenvalue weighted by Gasteiger charge is 2.01. The quantitative estimate of drug-likeness (QED) is 0.536. The van der Waals surface area contributed by atoms with Crippen molar-refractivity contribution >= 4 is 5.71 Å². The van der Waals surface area contributed by atoms with Crippen LogP contribution in [0.15, 0.2) is 29.4 Å². The molecular formula is C10H15N3. The molecule has 0 amide bonds. The van der Waals surface area contributed by atoms with Crippen molar-refractivity contribution in [3.63, 3.8) is 0 Å². The van der Waals surface area contributed by atoms with Gasteiger partial charge in [-0.1, -0.05) is 24.3 Å². The molecular weight excluding hydrogens is 162 g/mol. The van der Waals surface area contributed by atoms with Gasteiger partial charge >= 0.3 is 0 Å². The van der Waals surface area contributed by atoms with E-state index in [-0.39, 0.29) is 0 Å². The molecule has 0 unspecified atom stereocenters. The average molecular weight is 177 g/mol. The molecule has 0 heterocycles. The van der Waals surface area contributed by atoms with Crippen LogP contribution >= 0.6 is 0 Å². The molecule has 0 bridgehead atoms. The van der Waals surface area contributed by atoms with E-state index in [0.717, 1.165) is 16.8 Å². The number of hydrogen-bond acceptors (Lipinski definition) is 3. The smallest absolute Gasteiger partial charge is 0.0647 e. The molecule has 0 aromatic heterocycles. The van der Waals surface area contributed by atoms with Crippen LogP contribution in [0.1, 0.15) is 18.1 Å². The maximum Gasteiger partial charge on any atom is 0.0647 e. The van der Waals surface area contributed by atoms with E-state index in [1.807, 2.05) is 31.2 Å². The van der Waals surface area contributed by atoms with E-state index >= 15 is 0 Å². The summed E-state index contributed by atoms with van der Waals surface area (Å²) >= 11 is 0. The van der Waals surface area contributed by atoms with Gasteiger partial charge in [0.1, 0.15) is 0 Å². The van der Waals surface area contributed by atoms with Gasteiger partial charge in [-0.05, 0) is 12.5 Å². The van der Waals surface area contributed by atoms with E-state index in [2.05, 4.69) is 10.5 Å². The van der Waals surface area contributed by atoms with Crippen molar-refractivity contribution in [2.75, 3.05) is 7.05 Å². The highest BCUT2D eigenvalue weighted by molar-refractivity contribution is 5.99. The van der Waals surface area contributed by atoms with Gasteiger partial charge in [0.2, 0.25) is 0 Å². The molecule has 1 aromatic rings. The van der Waals surface area contributed by atoms with Crippen LogP contribution in [0.25, 0.3) is 0 Å². The Morgan fingerprint density at radius 1 is 1.46 bits per heavy atom. The van der Waals surface area contributed by atoms with Gasteiger partial charge in [0.25, 0.3) is 0 Å². The van der Waals surface area contributed by atoms with Crippen molar-refractivity contribution < 1.29 is 0 Å². The summed E-state index contributed by atoms with van der Waals surface area (Å²) in [5.74, 6) is 0. The van der Waals surface area contributed by atoms with Crippen molar-refractivity contribution in [3.8, 4) is 0 Å². The summed E-state index contributed by atoms with van der Waals surface area (Å²) in [7, 11) is 1.79. The van der Waals surface area contributed by atoms with E-state index in [0.29, 0.717) is 6.54 Å². The third-order valence-electron chi connectivity index (χ3n) is 1.91. The predicted molar refractivity (Wildman–Crippen MR) is 55.6 cm³/mol. The van der Waals surface area contributed by atoms with Crippen LogP contribution in [0.4, 0.5) is 0 Å². The molecule has 0 spiro atoms. The van der Waals surface area contributed by atoms with Crippen LogP contribution in [0.2, 0.25) is 0 Å². The maximum absolute atomic E-state index is 5.61. The van der Waals surface area contributed by atoms with Crippen LogP contribution < -0.4 is 11.2 Å². The Kier molecular flexibility index (Phi) is 3.46. The minimum absolute atomic E-state index is 0.548. The molecule has 70 valence electrons. The summed E-state index contributed by atoms with van der Waals surface area (Å²) in [5.41, 5.74) is 11.6. The molecule has 0 aliphatic heterocycles. The highest BCUT2D eigenvalue weighted by atomic mass is 15.3. The van der Waals surface area contributed by atoms with E-state index < -0.39 is 0 Å². The van der Waals surface area contributed by atoms with E-state index in [4.69, 9.17) is 5.73 Å². The maximum atomic E-state index is 5.61. The van der Waals surface area contributed by atoms with Crippen LogP contribution in [0.3, 0.4) is 0 Å². The lowest BCUT2D eigenvalue weighted by atomic mass is 10.0. The molecule has 0 aliphatic carbocycles. The summed E-state index contributed by atoms with van der Waals surface area (Å²) in [6.07, 6.45) is 0. The number of nitrogens with one attached hydrogen (secondary N) is 1. The van der Waals surface area contributed by atoms with Crippen molar-refractivity contribution in [1.29, 1.82) is 0 Å². The minimum Gasteiger partial charge on any atom is -0.326 e. The normalized spacial score (nSPS) is 11.5. The highest BCUT2D eigenvalue weighted by Crippen LogP contribution is 2.08. The Morgan fingerprint density at radius 3 is 2.77 bits per heavy atom. The predicted octanol–water partition coefficient (Wildman–Crippen LogP) is 1.09. The molecule has 13 heavy (non-hydrogen) atoms. The Morgan fingerprint density at radius 2 is 2.15 bits per heavy atom. The monoisotopic (exact) mass is 177 g/mol. The first-order chi connectivity index (χ1) is 6.29. The molecule has 3 nitrogen and oxygen atoms in total. The molecule has 0 saturated carbocycles. The molecule has 0 aliphatic rings. The first kappa shape index (κ1) is 9.74. The molecule has 3 N–H and O–H groups in total. The van der Waals surface area contributed by atoms with Gasteiger partial charge < -0.3 is 11.2 Å². The Balaban J connectivity index is 3.05. The van der Waals surface area contributed by atoms with Gasteiger partial charge in [-0.15, -0.1) is 0 Å². The Hall–Kier alpha value is -1.35. The molecule has 0 radical (unpaired) electrons. The van der Waals surface area contributed by atoms with E-state index in [1.165, 1.54) is 0 Å². The molecule has 3 heteroatoms. The molecule has 0 atom stereocenters. The largest absolute Gasteiger partial charge is 0.326 e. The summed E-state index contributed by atoms with van der Waals surface area (Å²) in [6.45, 7) is 2.51. The Bertz CT molecular complexity index is 305. The summed E-state index contributed by atoms with van der Waals surface area (Å²) < 4.78 is 0. The van der Waals surface area contributed by atoms with Crippen LogP contribution in [0.5, 0.6) is 0 Å². The lowest BCUT2D eigenvalue weighted by Gasteiger charge is -2.06. The van der Waals surface area contributed by atoms with Gasteiger partial charge in [0.15, 0.2) is 0 Å². The van der Waals surface area contributed by atoms with E-state index in [1.54, 1.807) is 7.05 Å². The van der Waals surface area contributed by atoms with Crippen molar-refractivity contribution in [1.82, 2.24) is 5.43 Å². The number of nitrogens with two attached hydrogens (primary N) is 1. The van der Waals surface area contributed by atoms with E-state index in [9.17, 15) is 0 Å². The second-order valence-electron chi connectivity index (χ2n) is 2.78. The summed E-state index contributed by atoms with van der Waals surface area (Å²) in [6, 6.07) is 8.02. The number of hydrogen-bond donors (Lipinski definition) is 2. The summed E-state index contributed by atoms with van der Waals surface area (Å²) in [4.78, 5) is 0. The number of hydrazone groups is 1. The second-order valence-corrected chi connectivity index (χ2v) is 2.78. The van der Waals surface area contributed by atoms with Crippen LogP contribution in [0, 0.1) is 0 Å². The van der Waals surface area contributed by atoms with Gasteiger partial charge in [0, 0.05) is 19.2 Å². The SMILES string of the molecule is CN/N=C(\C)c1ccccc1CN. The van der Waals surface area contributed by atoms with Gasteiger partial charge in [0.05, 0.1) is 5.71 Å². The molecule has 0 saturated heterocycles.